The zero-order valence-electron chi connectivity index (χ0n) is 17.6. The molecule has 0 bridgehead atoms. The zero-order valence-corrected chi connectivity index (χ0v) is 18.4. The highest BCUT2D eigenvalue weighted by Gasteiger charge is 2.42. The standard InChI is InChI=1S/C24H20ClN3O5/c1-15-23(29)14-22(16-2-8-20(9-3-16)27(30)31)26(19-12-6-18(25)7-13-19)24(15)17-4-10-21(11-5-17)28(32)33/h2-13,15,22,24H,14H2,1H3/t15-,22+,24-/m0/s1. The number of hydrogen-bond donors (Lipinski definition) is 0. The van der Waals surface area contributed by atoms with Gasteiger partial charge in [-0.05, 0) is 35.4 Å². The van der Waals surface area contributed by atoms with Crippen LogP contribution in [0.1, 0.15) is 36.6 Å². The number of non-ortho nitro benzene ring substituents is 2. The molecule has 0 aliphatic carbocycles. The summed E-state index contributed by atoms with van der Waals surface area (Å²) in [5.74, 6) is -0.330. The molecule has 3 aromatic carbocycles. The summed E-state index contributed by atoms with van der Waals surface area (Å²) in [5, 5.41) is 22.8. The summed E-state index contributed by atoms with van der Waals surface area (Å²) < 4.78 is 0. The number of benzene rings is 3. The lowest BCUT2D eigenvalue weighted by Gasteiger charge is -2.46. The summed E-state index contributed by atoms with van der Waals surface area (Å²) in [6.45, 7) is 1.85. The lowest BCUT2D eigenvalue weighted by molar-refractivity contribution is -0.385. The first-order chi connectivity index (χ1) is 15.8. The molecule has 3 atom stereocenters. The molecule has 8 nitrogen and oxygen atoms in total. The van der Waals surface area contributed by atoms with Crippen LogP contribution in [0.5, 0.6) is 0 Å². The Labute approximate surface area is 194 Å². The topological polar surface area (TPSA) is 107 Å². The molecule has 1 aliphatic heterocycles. The van der Waals surface area contributed by atoms with E-state index < -0.39 is 15.9 Å². The number of nitro benzene ring substituents is 2. The van der Waals surface area contributed by atoms with Gasteiger partial charge in [0.2, 0.25) is 0 Å². The van der Waals surface area contributed by atoms with Gasteiger partial charge in [-0.2, -0.15) is 0 Å². The number of carbonyl (C=O) groups is 1. The molecule has 0 amide bonds. The summed E-state index contributed by atoms with van der Waals surface area (Å²) in [7, 11) is 0. The maximum atomic E-state index is 13.1. The maximum Gasteiger partial charge on any atom is 0.269 e. The first-order valence-corrected chi connectivity index (χ1v) is 10.7. The molecule has 168 valence electrons. The van der Waals surface area contributed by atoms with E-state index in [2.05, 4.69) is 4.90 Å². The van der Waals surface area contributed by atoms with Crippen LogP contribution in [0.2, 0.25) is 5.02 Å². The lowest BCUT2D eigenvalue weighted by Crippen LogP contribution is -2.45. The average Bonchev–Trinajstić information content (AvgIpc) is 2.81. The minimum atomic E-state index is -0.464. The van der Waals surface area contributed by atoms with Gasteiger partial charge in [0.1, 0.15) is 5.78 Å². The summed E-state index contributed by atoms with van der Waals surface area (Å²) >= 11 is 6.10. The average molecular weight is 466 g/mol. The fourth-order valence-electron chi connectivity index (χ4n) is 4.38. The van der Waals surface area contributed by atoms with Gasteiger partial charge in [0.25, 0.3) is 11.4 Å². The van der Waals surface area contributed by atoms with Crippen molar-refractivity contribution in [1.29, 1.82) is 0 Å². The van der Waals surface area contributed by atoms with Crippen molar-refractivity contribution >= 4 is 34.4 Å². The van der Waals surface area contributed by atoms with Crippen molar-refractivity contribution < 1.29 is 14.6 Å². The number of halogens is 1. The number of ketones is 1. The molecule has 0 aromatic heterocycles. The Kier molecular flexibility index (Phi) is 6.11. The monoisotopic (exact) mass is 465 g/mol. The van der Waals surface area contributed by atoms with Crippen LogP contribution in [0.15, 0.2) is 72.8 Å². The lowest BCUT2D eigenvalue weighted by atomic mass is 9.79. The fourth-order valence-corrected chi connectivity index (χ4v) is 4.50. The minimum absolute atomic E-state index is 0.0285. The third kappa shape index (κ3) is 4.42. The Morgan fingerprint density at radius 1 is 0.818 bits per heavy atom. The highest BCUT2D eigenvalue weighted by molar-refractivity contribution is 6.30. The van der Waals surface area contributed by atoms with Crippen LogP contribution in [-0.2, 0) is 4.79 Å². The van der Waals surface area contributed by atoms with Gasteiger partial charge in [-0.1, -0.05) is 42.8 Å². The van der Waals surface area contributed by atoms with Gasteiger partial charge in [-0.25, -0.2) is 0 Å². The van der Waals surface area contributed by atoms with Crippen molar-refractivity contribution in [2.75, 3.05) is 4.90 Å². The van der Waals surface area contributed by atoms with E-state index in [1.807, 2.05) is 19.1 Å². The van der Waals surface area contributed by atoms with Gasteiger partial charge in [-0.15, -0.1) is 0 Å². The van der Waals surface area contributed by atoms with Crippen LogP contribution in [0.25, 0.3) is 0 Å². The van der Waals surface area contributed by atoms with Crippen LogP contribution in [0.3, 0.4) is 0 Å². The molecule has 3 aromatic rings. The first-order valence-electron chi connectivity index (χ1n) is 10.3. The number of rotatable bonds is 5. The highest BCUT2D eigenvalue weighted by Crippen LogP contribution is 2.46. The summed E-state index contributed by atoms with van der Waals surface area (Å²) in [4.78, 5) is 36.5. The molecule has 33 heavy (non-hydrogen) atoms. The van der Waals surface area contributed by atoms with Gasteiger partial charge < -0.3 is 4.90 Å². The SMILES string of the molecule is C[C@H]1C(=O)C[C@H](c2ccc([N+](=O)[O-])cc2)N(c2ccc(Cl)cc2)[C@@H]1c1ccc([N+](=O)[O-])cc1. The molecule has 0 spiro atoms. The van der Waals surface area contributed by atoms with Crippen molar-refractivity contribution in [3.8, 4) is 0 Å². The molecule has 0 saturated carbocycles. The number of nitro groups is 2. The molecule has 0 N–H and O–H groups in total. The molecule has 1 fully saturated rings. The van der Waals surface area contributed by atoms with E-state index in [0.717, 1.165) is 16.8 Å². The largest absolute Gasteiger partial charge is 0.356 e. The molecular weight excluding hydrogens is 446 g/mol. The molecule has 0 radical (unpaired) electrons. The van der Waals surface area contributed by atoms with E-state index in [4.69, 9.17) is 11.6 Å². The summed E-state index contributed by atoms with van der Waals surface area (Å²) in [5.41, 5.74) is 2.30. The Bertz CT molecular complexity index is 1200. The van der Waals surface area contributed by atoms with E-state index >= 15 is 0 Å². The predicted molar refractivity (Wildman–Crippen MR) is 124 cm³/mol. The quantitative estimate of drug-likeness (QED) is 0.335. The van der Waals surface area contributed by atoms with Gasteiger partial charge in [0.05, 0.1) is 21.9 Å². The van der Waals surface area contributed by atoms with E-state index in [1.54, 1.807) is 36.4 Å². The second-order valence-electron chi connectivity index (χ2n) is 8.00. The number of hydrogen-bond acceptors (Lipinski definition) is 6. The second-order valence-corrected chi connectivity index (χ2v) is 8.44. The van der Waals surface area contributed by atoms with E-state index in [9.17, 15) is 25.0 Å². The Hall–Kier alpha value is -3.78. The molecule has 0 unspecified atom stereocenters. The normalized spacial score (nSPS) is 20.5. The molecule has 4 rings (SSSR count). The maximum absolute atomic E-state index is 13.1. The first kappa shape index (κ1) is 22.4. The predicted octanol–water partition coefficient (Wildman–Crippen LogP) is 6.05. The van der Waals surface area contributed by atoms with Crippen LogP contribution in [0.4, 0.5) is 17.1 Å². The Morgan fingerprint density at radius 3 is 1.79 bits per heavy atom. The number of piperidine rings is 1. The van der Waals surface area contributed by atoms with Crippen molar-refractivity contribution in [2.45, 2.75) is 25.4 Å². The van der Waals surface area contributed by atoms with Crippen molar-refractivity contribution in [1.82, 2.24) is 0 Å². The smallest absolute Gasteiger partial charge is 0.269 e. The fraction of sp³-hybridized carbons (Fsp3) is 0.208. The summed E-state index contributed by atoms with van der Waals surface area (Å²) in [6, 6.07) is 18.9. The number of carbonyl (C=O) groups excluding carboxylic acids is 1. The number of Topliss-reactive ketones (excluding diaryl/α,β-unsaturated/α-hetero) is 1. The van der Waals surface area contributed by atoms with Crippen LogP contribution in [0, 0.1) is 26.1 Å². The number of anilines is 1. The van der Waals surface area contributed by atoms with E-state index in [-0.39, 0.29) is 35.5 Å². The minimum Gasteiger partial charge on any atom is -0.356 e. The van der Waals surface area contributed by atoms with E-state index in [1.165, 1.54) is 24.3 Å². The molecule has 1 aliphatic rings. The Morgan fingerprint density at radius 2 is 1.30 bits per heavy atom. The molecular formula is C24H20ClN3O5. The van der Waals surface area contributed by atoms with Gasteiger partial charge in [-0.3, -0.25) is 25.0 Å². The van der Waals surface area contributed by atoms with E-state index in [0.29, 0.717) is 5.02 Å². The molecule has 1 heterocycles. The van der Waals surface area contributed by atoms with Crippen LogP contribution in [-0.4, -0.2) is 15.6 Å². The summed E-state index contributed by atoms with van der Waals surface area (Å²) in [6.07, 6.45) is 0.227. The number of nitrogens with zero attached hydrogens (tertiary/aromatic N) is 3. The highest BCUT2D eigenvalue weighted by atomic mass is 35.5. The van der Waals surface area contributed by atoms with Gasteiger partial charge in [0.15, 0.2) is 0 Å². The second kappa shape index (κ2) is 8.99. The zero-order chi connectivity index (χ0) is 23.7. The van der Waals surface area contributed by atoms with Crippen LogP contribution < -0.4 is 4.90 Å². The third-order valence-electron chi connectivity index (χ3n) is 6.07. The Balaban J connectivity index is 1.84. The van der Waals surface area contributed by atoms with Gasteiger partial charge >= 0.3 is 0 Å². The molecule has 9 heteroatoms. The van der Waals surface area contributed by atoms with Crippen LogP contribution >= 0.6 is 11.6 Å². The van der Waals surface area contributed by atoms with Crippen molar-refractivity contribution in [2.24, 2.45) is 5.92 Å². The van der Waals surface area contributed by atoms with Crippen molar-refractivity contribution in [3.05, 3.63) is 109 Å². The third-order valence-corrected chi connectivity index (χ3v) is 6.32. The van der Waals surface area contributed by atoms with Gasteiger partial charge in [0, 0.05) is 47.3 Å². The van der Waals surface area contributed by atoms with Crippen molar-refractivity contribution in [3.63, 3.8) is 0 Å². The molecule has 1 saturated heterocycles.